The van der Waals surface area contributed by atoms with Crippen LogP contribution in [0.1, 0.15) is 44.9 Å². The second kappa shape index (κ2) is 8.60. The molecule has 0 aliphatic carbocycles. The second-order valence-electron chi connectivity index (χ2n) is 11.1. The predicted octanol–water partition coefficient (Wildman–Crippen LogP) is 2.47. The SMILES string of the molecule is Cn1c(=O)n(CC(C)(C)C)c2ccc[n+](N3CCCC(CN4CCc5ncccc5C4)C3)c21. The summed E-state index contributed by atoms with van der Waals surface area (Å²) in [4.78, 5) is 20.3. The number of fused-ring (bicyclic) bond motifs is 2. The first-order valence-corrected chi connectivity index (χ1v) is 12.3. The normalized spacial score (nSPS) is 19.8. The van der Waals surface area contributed by atoms with E-state index in [0.29, 0.717) is 12.5 Å². The van der Waals surface area contributed by atoms with Crippen molar-refractivity contribution in [2.45, 2.75) is 53.1 Å². The van der Waals surface area contributed by atoms with Gasteiger partial charge in [0.05, 0.1) is 20.1 Å². The van der Waals surface area contributed by atoms with E-state index in [1.165, 1.54) is 24.1 Å². The van der Waals surface area contributed by atoms with Gasteiger partial charge < -0.3 is 0 Å². The number of pyridine rings is 2. The average Bonchev–Trinajstić information content (AvgIpc) is 3.03. The molecule has 0 spiro atoms. The highest BCUT2D eigenvalue weighted by Gasteiger charge is 2.30. The first-order chi connectivity index (χ1) is 15.8. The first-order valence-electron chi connectivity index (χ1n) is 12.3. The maximum absolute atomic E-state index is 13.1. The molecule has 2 aliphatic heterocycles. The molecule has 0 amide bonds. The molecule has 33 heavy (non-hydrogen) atoms. The fraction of sp³-hybridized carbons (Fsp3) is 0.577. The maximum atomic E-state index is 13.1. The summed E-state index contributed by atoms with van der Waals surface area (Å²) in [6.45, 7) is 12.5. The molecule has 7 heteroatoms. The van der Waals surface area contributed by atoms with Gasteiger partial charge in [0.1, 0.15) is 11.7 Å². The van der Waals surface area contributed by atoms with Crippen molar-refractivity contribution in [1.82, 2.24) is 19.0 Å². The van der Waals surface area contributed by atoms with Crippen LogP contribution in [-0.4, -0.2) is 45.2 Å². The van der Waals surface area contributed by atoms with Crippen molar-refractivity contribution in [2.75, 3.05) is 31.2 Å². The van der Waals surface area contributed by atoms with Gasteiger partial charge in [-0.15, -0.1) is 4.68 Å². The molecule has 7 nitrogen and oxygen atoms in total. The molecule has 3 aromatic heterocycles. The van der Waals surface area contributed by atoms with E-state index in [9.17, 15) is 4.79 Å². The maximum Gasteiger partial charge on any atom is 0.416 e. The minimum absolute atomic E-state index is 0.0393. The van der Waals surface area contributed by atoms with Crippen molar-refractivity contribution in [1.29, 1.82) is 0 Å². The van der Waals surface area contributed by atoms with Gasteiger partial charge in [-0.2, -0.15) is 4.57 Å². The van der Waals surface area contributed by atoms with Gasteiger partial charge in [0.25, 0.3) is 0 Å². The fourth-order valence-corrected chi connectivity index (χ4v) is 5.58. The Morgan fingerprint density at radius 1 is 1.18 bits per heavy atom. The van der Waals surface area contributed by atoms with Crippen molar-refractivity contribution < 1.29 is 4.68 Å². The highest BCUT2D eigenvalue weighted by atomic mass is 16.1. The van der Waals surface area contributed by atoms with Gasteiger partial charge in [0, 0.05) is 44.5 Å². The van der Waals surface area contributed by atoms with Gasteiger partial charge in [0.15, 0.2) is 0 Å². The summed E-state index contributed by atoms with van der Waals surface area (Å²) in [6.07, 6.45) is 7.51. The summed E-state index contributed by atoms with van der Waals surface area (Å²) in [6, 6.07) is 8.44. The molecule has 5 rings (SSSR count). The van der Waals surface area contributed by atoms with Crippen LogP contribution in [0.15, 0.2) is 41.5 Å². The molecule has 3 aromatic rings. The molecule has 1 atom stereocenters. The lowest BCUT2D eigenvalue weighted by Crippen LogP contribution is -2.62. The minimum Gasteiger partial charge on any atom is -0.298 e. The standard InChI is InChI=1S/C26H37N6O/c1-26(2,3)19-31-23-10-7-14-32(24(23)28(4)25(31)33)30-13-6-8-20(17-30)16-29-15-11-22-21(18-29)9-5-12-27-22/h5,7,9-10,12,14,20H,6,8,11,13,15-19H2,1-4H3/q+1. The molecular weight excluding hydrogens is 412 g/mol. The molecule has 1 unspecified atom stereocenters. The summed E-state index contributed by atoms with van der Waals surface area (Å²) >= 11 is 0. The Bertz CT molecular complexity index is 1200. The Labute approximate surface area is 196 Å². The lowest BCUT2D eigenvalue weighted by Gasteiger charge is -2.36. The molecule has 2 aliphatic rings. The summed E-state index contributed by atoms with van der Waals surface area (Å²) in [5.41, 5.74) is 4.76. The molecular formula is C26H37N6O+. The third-order valence-corrected chi connectivity index (χ3v) is 7.05. The van der Waals surface area contributed by atoms with E-state index < -0.39 is 0 Å². The van der Waals surface area contributed by atoms with Gasteiger partial charge in [-0.05, 0) is 47.9 Å². The Morgan fingerprint density at radius 2 is 2.03 bits per heavy atom. The third kappa shape index (κ3) is 4.43. The quantitative estimate of drug-likeness (QED) is 0.575. The second-order valence-corrected chi connectivity index (χ2v) is 11.1. The number of nitrogens with zero attached hydrogens (tertiary/aromatic N) is 6. The van der Waals surface area contributed by atoms with E-state index in [-0.39, 0.29) is 11.1 Å². The smallest absolute Gasteiger partial charge is 0.298 e. The zero-order valence-electron chi connectivity index (χ0n) is 20.5. The molecule has 0 aromatic carbocycles. The van der Waals surface area contributed by atoms with E-state index in [2.05, 4.69) is 70.8 Å². The van der Waals surface area contributed by atoms with Crippen LogP contribution in [0, 0.1) is 11.3 Å². The minimum atomic E-state index is 0.0393. The first kappa shape index (κ1) is 22.1. The van der Waals surface area contributed by atoms with Crippen LogP contribution >= 0.6 is 0 Å². The highest BCUT2D eigenvalue weighted by molar-refractivity contribution is 5.68. The van der Waals surface area contributed by atoms with Crippen LogP contribution in [0.3, 0.4) is 0 Å². The van der Waals surface area contributed by atoms with Crippen molar-refractivity contribution >= 4 is 11.2 Å². The number of imidazole rings is 1. The van der Waals surface area contributed by atoms with Crippen LogP contribution < -0.4 is 15.4 Å². The summed E-state index contributed by atoms with van der Waals surface area (Å²) < 4.78 is 5.99. The lowest BCUT2D eigenvalue weighted by molar-refractivity contribution is -0.672. The van der Waals surface area contributed by atoms with Crippen molar-refractivity contribution in [2.24, 2.45) is 18.4 Å². The van der Waals surface area contributed by atoms with Crippen LogP contribution in [0.4, 0.5) is 0 Å². The van der Waals surface area contributed by atoms with Crippen molar-refractivity contribution in [3.8, 4) is 0 Å². The van der Waals surface area contributed by atoms with E-state index in [4.69, 9.17) is 0 Å². The predicted molar refractivity (Wildman–Crippen MR) is 131 cm³/mol. The van der Waals surface area contributed by atoms with Crippen LogP contribution in [0.2, 0.25) is 0 Å². The monoisotopic (exact) mass is 449 g/mol. The van der Waals surface area contributed by atoms with E-state index in [1.807, 2.05) is 22.4 Å². The van der Waals surface area contributed by atoms with Crippen LogP contribution in [-0.2, 0) is 26.6 Å². The number of rotatable bonds is 4. The van der Waals surface area contributed by atoms with E-state index >= 15 is 0 Å². The zero-order valence-corrected chi connectivity index (χ0v) is 20.5. The zero-order chi connectivity index (χ0) is 23.2. The Morgan fingerprint density at radius 3 is 2.85 bits per heavy atom. The summed E-state index contributed by atoms with van der Waals surface area (Å²) in [5, 5.41) is 2.44. The van der Waals surface area contributed by atoms with Gasteiger partial charge in [-0.1, -0.05) is 26.8 Å². The molecule has 5 heterocycles. The molecule has 0 radical (unpaired) electrons. The molecule has 0 saturated carbocycles. The van der Waals surface area contributed by atoms with Gasteiger partial charge >= 0.3 is 11.3 Å². The third-order valence-electron chi connectivity index (χ3n) is 7.05. The summed E-state index contributed by atoms with van der Waals surface area (Å²) in [7, 11) is 1.90. The lowest BCUT2D eigenvalue weighted by atomic mass is 9.96. The van der Waals surface area contributed by atoms with Crippen LogP contribution in [0.25, 0.3) is 11.2 Å². The number of aryl methyl sites for hydroxylation is 1. The van der Waals surface area contributed by atoms with Gasteiger partial charge in [0.2, 0.25) is 0 Å². The fourth-order valence-electron chi connectivity index (χ4n) is 5.58. The number of piperidine rings is 1. The van der Waals surface area contributed by atoms with Gasteiger partial charge in [-0.25, -0.2) is 9.80 Å². The highest BCUT2D eigenvalue weighted by Crippen LogP contribution is 2.22. The number of hydrogen-bond donors (Lipinski definition) is 0. The Balaban J connectivity index is 1.37. The topological polar surface area (TPSA) is 50.2 Å². The molecule has 1 fully saturated rings. The molecule has 176 valence electrons. The van der Waals surface area contributed by atoms with Crippen molar-refractivity contribution in [3.05, 3.63) is 58.4 Å². The average molecular weight is 450 g/mol. The molecule has 0 N–H and O–H groups in total. The van der Waals surface area contributed by atoms with Crippen LogP contribution in [0.5, 0.6) is 0 Å². The molecule has 0 bridgehead atoms. The van der Waals surface area contributed by atoms with E-state index in [1.54, 1.807) is 0 Å². The molecule has 1 saturated heterocycles. The number of aromatic nitrogens is 4. The number of hydrogen-bond acceptors (Lipinski definition) is 4. The Kier molecular flexibility index (Phi) is 5.77. The van der Waals surface area contributed by atoms with E-state index in [0.717, 1.165) is 50.3 Å². The largest absolute Gasteiger partial charge is 0.416 e. The van der Waals surface area contributed by atoms with Gasteiger partial charge in [-0.3, -0.25) is 14.5 Å². The summed E-state index contributed by atoms with van der Waals surface area (Å²) in [5.74, 6) is 0.619. The Hall–Kier alpha value is -2.67. The van der Waals surface area contributed by atoms with Crippen molar-refractivity contribution in [3.63, 3.8) is 0 Å².